The van der Waals surface area contributed by atoms with Crippen molar-refractivity contribution < 1.29 is 18.0 Å². The lowest BCUT2D eigenvalue weighted by Gasteiger charge is -2.38. The summed E-state index contributed by atoms with van der Waals surface area (Å²) in [6.07, 6.45) is 0.846. The Bertz CT molecular complexity index is 978. The molecule has 33 heavy (non-hydrogen) atoms. The van der Waals surface area contributed by atoms with Gasteiger partial charge in [0.05, 0.1) is 6.61 Å². The molecule has 2 aromatic carbocycles. The predicted molar refractivity (Wildman–Crippen MR) is 142 cm³/mol. The Morgan fingerprint density at radius 1 is 0.970 bits per heavy atom. The van der Waals surface area contributed by atoms with E-state index in [9.17, 15) is 4.57 Å². The van der Waals surface area contributed by atoms with Crippen LogP contribution >= 0.6 is 7.60 Å². The van der Waals surface area contributed by atoms with Crippen molar-refractivity contribution in [3.8, 4) is 5.75 Å². The van der Waals surface area contributed by atoms with Gasteiger partial charge in [0, 0.05) is 18.8 Å². The van der Waals surface area contributed by atoms with Crippen molar-refractivity contribution in [1.29, 1.82) is 0 Å². The van der Waals surface area contributed by atoms with Crippen molar-refractivity contribution in [2.75, 3.05) is 13.3 Å². The van der Waals surface area contributed by atoms with E-state index in [1.165, 1.54) is 0 Å². The molecular formula is C27H43O4PSi. The van der Waals surface area contributed by atoms with Crippen LogP contribution in [0.4, 0.5) is 0 Å². The average Bonchev–Trinajstić information content (AvgIpc) is 2.65. The Morgan fingerprint density at radius 2 is 1.58 bits per heavy atom. The zero-order chi connectivity index (χ0) is 25.1. The van der Waals surface area contributed by atoms with Gasteiger partial charge in [0.2, 0.25) is 0 Å². The first-order valence-corrected chi connectivity index (χ1v) is 16.7. The maximum atomic E-state index is 13.3. The van der Waals surface area contributed by atoms with Crippen LogP contribution in [0.5, 0.6) is 5.75 Å². The van der Waals surface area contributed by atoms with Crippen LogP contribution in [-0.2, 0) is 25.5 Å². The molecule has 0 aliphatic rings. The minimum atomic E-state index is -3.32. The fourth-order valence-corrected chi connectivity index (χ4v) is 5.72. The molecule has 2 rings (SSSR count). The molecule has 0 spiro atoms. The molecule has 6 heteroatoms. The summed E-state index contributed by atoms with van der Waals surface area (Å²) in [6.45, 7) is 22.4. The van der Waals surface area contributed by atoms with Gasteiger partial charge in [-0.15, -0.1) is 0 Å². The summed E-state index contributed by atoms with van der Waals surface area (Å²) in [4.78, 5) is 0. The Balaban J connectivity index is 2.22. The second-order valence-corrected chi connectivity index (χ2v) is 18.1. The van der Waals surface area contributed by atoms with Crippen molar-refractivity contribution in [3.05, 3.63) is 64.7 Å². The third-order valence-electron chi connectivity index (χ3n) is 6.69. The molecule has 0 radical (unpaired) electrons. The van der Waals surface area contributed by atoms with Crippen LogP contribution in [0.15, 0.2) is 42.5 Å². The highest BCUT2D eigenvalue weighted by atomic mass is 31.2. The smallest absolute Gasteiger partial charge is 0.376 e. The minimum Gasteiger partial charge on any atom is -0.424 e. The highest BCUT2D eigenvalue weighted by Crippen LogP contribution is 2.49. The number of hydrogen-bond acceptors (Lipinski definition) is 4. The zero-order valence-corrected chi connectivity index (χ0v) is 24.1. The zero-order valence-electron chi connectivity index (χ0n) is 22.2. The Labute approximate surface area is 202 Å². The first kappa shape index (κ1) is 27.8. The highest BCUT2D eigenvalue weighted by Gasteiger charge is 2.38. The second-order valence-electron chi connectivity index (χ2n) is 11.3. The third kappa shape index (κ3) is 7.82. The average molecular weight is 491 g/mol. The van der Waals surface area contributed by atoms with Gasteiger partial charge < -0.3 is 8.95 Å². The van der Waals surface area contributed by atoms with Crippen molar-refractivity contribution >= 4 is 15.9 Å². The van der Waals surface area contributed by atoms with Crippen LogP contribution in [0.2, 0.25) is 18.1 Å². The molecule has 0 heterocycles. The third-order valence-corrected chi connectivity index (χ3v) is 12.4. The van der Waals surface area contributed by atoms with E-state index < -0.39 is 15.9 Å². The summed E-state index contributed by atoms with van der Waals surface area (Å²) in [7, 11) is -5.13. The molecule has 2 aromatic rings. The lowest BCUT2D eigenvalue weighted by atomic mass is 9.78. The number of benzene rings is 2. The summed E-state index contributed by atoms with van der Waals surface area (Å²) >= 11 is 0. The molecule has 0 aliphatic carbocycles. The molecule has 184 valence electrons. The monoisotopic (exact) mass is 490 g/mol. The van der Waals surface area contributed by atoms with Crippen LogP contribution < -0.4 is 4.52 Å². The van der Waals surface area contributed by atoms with E-state index in [0.29, 0.717) is 12.4 Å². The molecule has 0 fully saturated rings. The van der Waals surface area contributed by atoms with Gasteiger partial charge in [0.25, 0.3) is 0 Å². The summed E-state index contributed by atoms with van der Waals surface area (Å²) in [5.41, 5.74) is 4.02. The molecule has 0 aliphatic heterocycles. The van der Waals surface area contributed by atoms with Crippen molar-refractivity contribution in [3.63, 3.8) is 0 Å². The number of hydrogen-bond donors (Lipinski definition) is 0. The first-order valence-electron chi connectivity index (χ1n) is 11.8. The second kappa shape index (κ2) is 10.5. The fraction of sp³-hybridized carbons (Fsp3) is 0.556. The quantitative estimate of drug-likeness (QED) is 0.248. The lowest BCUT2D eigenvalue weighted by molar-refractivity contribution is 0.245. The van der Waals surface area contributed by atoms with Gasteiger partial charge in [-0.1, -0.05) is 71.0 Å². The Hall–Kier alpha value is -1.39. The predicted octanol–water partition coefficient (Wildman–Crippen LogP) is 8.41. The maximum absolute atomic E-state index is 13.3. The topological polar surface area (TPSA) is 44.8 Å². The molecular weight excluding hydrogens is 447 g/mol. The van der Waals surface area contributed by atoms with Gasteiger partial charge in [-0.05, 0) is 66.6 Å². The van der Waals surface area contributed by atoms with Crippen LogP contribution in [0.25, 0.3) is 0 Å². The standard InChI is InChI=1S/C27H43O4PSi/c1-21-18-22(2)25(27(6,7)16-17-30-33(9,10)26(3,4)5)24(19-21)31-32(8,28)29-20-23-14-12-11-13-15-23/h11-15,18-19H,16-17,20H2,1-10H3. The van der Waals surface area contributed by atoms with E-state index >= 15 is 0 Å². The van der Waals surface area contributed by atoms with Gasteiger partial charge in [-0.25, -0.2) is 4.57 Å². The van der Waals surface area contributed by atoms with Crippen LogP contribution in [-0.4, -0.2) is 21.6 Å². The summed E-state index contributed by atoms with van der Waals surface area (Å²) in [5, 5.41) is 0.177. The first-order chi connectivity index (χ1) is 15.0. The number of aryl methyl sites for hydroxylation is 2. The fourth-order valence-electron chi connectivity index (χ4n) is 3.74. The lowest BCUT2D eigenvalue weighted by Crippen LogP contribution is -2.41. The maximum Gasteiger partial charge on any atom is 0.376 e. The molecule has 1 atom stereocenters. The van der Waals surface area contributed by atoms with Crippen LogP contribution in [0.3, 0.4) is 0 Å². The molecule has 0 saturated heterocycles. The molecule has 0 saturated carbocycles. The summed E-state index contributed by atoms with van der Waals surface area (Å²) in [5.74, 6) is 0.642. The largest absolute Gasteiger partial charge is 0.424 e. The van der Waals surface area contributed by atoms with E-state index in [0.717, 1.165) is 28.7 Å². The van der Waals surface area contributed by atoms with Gasteiger partial charge in [0.1, 0.15) is 5.75 Å². The minimum absolute atomic E-state index is 0.177. The molecule has 4 nitrogen and oxygen atoms in total. The van der Waals surface area contributed by atoms with Crippen molar-refractivity contribution in [2.45, 2.75) is 85.0 Å². The van der Waals surface area contributed by atoms with E-state index in [1.807, 2.05) is 43.3 Å². The van der Waals surface area contributed by atoms with Gasteiger partial charge in [0.15, 0.2) is 8.32 Å². The van der Waals surface area contributed by atoms with E-state index in [2.05, 4.69) is 60.7 Å². The van der Waals surface area contributed by atoms with Crippen molar-refractivity contribution in [1.82, 2.24) is 0 Å². The molecule has 1 unspecified atom stereocenters. The molecule has 0 amide bonds. The van der Waals surface area contributed by atoms with Crippen molar-refractivity contribution in [2.24, 2.45) is 0 Å². The number of rotatable bonds is 10. The Morgan fingerprint density at radius 3 is 2.15 bits per heavy atom. The molecule has 0 N–H and O–H groups in total. The summed E-state index contributed by atoms with van der Waals surface area (Å²) < 4.78 is 31.6. The SMILES string of the molecule is Cc1cc(C)c(C(C)(C)CCO[Si](C)(C)C(C)(C)C)c(OP(C)(=O)OCc2ccccc2)c1. The van der Waals surface area contributed by atoms with E-state index in [1.54, 1.807) is 6.66 Å². The van der Waals surface area contributed by atoms with Gasteiger partial charge in [-0.3, -0.25) is 4.52 Å². The normalized spacial score (nSPS) is 14.7. The van der Waals surface area contributed by atoms with E-state index in [-0.39, 0.29) is 17.1 Å². The Kier molecular flexibility index (Phi) is 8.84. The van der Waals surface area contributed by atoms with Crippen LogP contribution in [0.1, 0.15) is 63.3 Å². The highest BCUT2D eigenvalue weighted by molar-refractivity contribution is 7.53. The van der Waals surface area contributed by atoms with Crippen LogP contribution in [0, 0.1) is 13.8 Å². The molecule has 0 bridgehead atoms. The molecule has 0 aromatic heterocycles. The summed E-state index contributed by atoms with van der Waals surface area (Å²) in [6, 6.07) is 13.9. The van der Waals surface area contributed by atoms with Gasteiger partial charge >= 0.3 is 7.60 Å². The van der Waals surface area contributed by atoms with Gasteiger partial charge in [-0.2, -0.15) is 0 Å². The van der Waals surface area contributed by atoms with E-state index in [4.69, 9.17) is 13.5 Å².